The van der Waals surface area contributed by atoms with Crippen LogP contribution in [0.5, 0.6) is 0 Å². The van der Waals surface area contributed by atoms with Gasteiger partial charge in [-0.3, -0.25) is 4.79 Å². The predicted molar refractivity (Wildman–Crippen MR) is 101 cm³/mol. The standard InChI is InChI=1S/C19H38N4O2/c1-6-22-8-10-23(11-9-22)14-15(3)13-21-17(24)19(20)12-16(25-7-2)18(19,4)5/h15-16H,6-14,20H2,1-5H3,(H,21,24). The van der Waals surface area contributed by atoms with Gasteiger partial charge in [0.1, 0.15) is 5.54 Å². The molecule has 2 fully saturated rings. The van der Waals surface area contributed by atoms with Crippen molar-refractivity contribution in [2.45, 2.75) is 52.7 Å². The first-order valence-corrected chi connectivity index (χ1v) is 9.88. The first kappa shape index (κ1) is 20.6. The Labute approximate surface area is 153 Å². The van der Waals surface area contributed by atoms with Crippen LogP contribution in [0.2, 0.25) is 0 Å². The molecule has 1 aliphatic carbocycles. The second kappa shape index (κ2) is 8.33. The molecule has 0 aromatic heterocycles. The molecule has 3 unspecified atom stereocenters. The van der Waals surface area contributed by atoms with Crippen LogP contribution >= 0.6 is 0 Å². The van der Waals surface area contributed by atoms with Crippen molar-refractivity contribution in [2.75, 3.05) is 52.4 Å². The number of nitrogens with zero attached hydrogens (tertiary/aromatic N) is 2. The van der Waals surface area contributed by atoms with Gasteiger partial charge in [-0.1, -0.05) is 27.7 Å². The topological polar surface area (TPSA) is 70.8 Å². The SMILES string of the molecule is CCOC1CC(N)(C(=O)NCC(C)CN2CCN(CC)CC2)C1(C)C. The lowest BCUT2D eigenvalue weighted by Gasteiger charge is -2.57. The van der Waals surface area contributed by atoms with Gasteiger partial charge >= 0.3 is 0 Å². The van der Waals surface area contributed by atoms with Crippen molar-refractivity contribution in [1.29, 1.82) is 0 Å². The van der Waals surface area contributed by atoms with E-state index in [0.717, 1.165) is 39.3 Å². The van der Waals surface area contributed by atoms with Crippen molar-refractivity contribution in [1.82, 2.24) is 15.1 Å². The van der Waals surface area contributed by atoms with E-state index in [9.17, 15) is 4.79 Å². The van der Waals surface area contributed by atoms with Gasteiger partial charge in [0.05, 0.1) is 6.10 Å². The summed E-state index contributed by atoms with van der Waals surface area (Å²) in [6, 6.07) is 0. The average molecular weight is 355 g/mol. The highest BCUT2D eigenvalue weighted by Crippen LogP contribution is 2.49. The Hall–Kier alpha value is -0.690. The van der Waals surface area contributed by atoms with Crippen molar-refractivity contribution in [3.05, 3.63) is 0 Å². The van der Waals surface area contributed by atoms with E-state index in [1.807, 2.05) is 20.8 Å². The van der Waals surface area contributed by atoms with Gasteiger partial charge in [-0.05, 0) is 19.4 Å². The Bertz CT molecular complexity index is 449. The van der Waals surface area contributed by atoms with Gasteiger partial charge in [-0.25, -0.2) is 0 Å². The van der Waals surface area contributed by atoms with Crippen molar-refractivity contribution < 1.29 is 9.53 Å². The number of hydrogen-bond acceptors (Lipinski definition) is 5. The molecule has 3 atom stereocenters. The summed E-state index contributed by atoms with van der Waals surface area (Å²) in [5.41, 5.74) is 5.29. The summed E-state index contributed by atoms with van der Waals surface area (Å²) in [6.45, 7) is 18.5. The molecule has 1 aliphatic heterocycles. The zero-order valence-corrected chi connectivity index (χ0v) is 16.8. The van der Waals surface area contributed by atoms with E-state index in [1.54, 1.807) is 0 Å². The number of hydrogen-bond donors (Lipinski definition) is 2. The van der Waals surface area contributed by atoms with Gasteiger partial charge in [0.15, 0.2) is 0 Å². The van der Waals surface area contributed by atoms with Crippen molar-refractivity contribution in [3.8, 4) is 0 Å². The first-order chi connectivity index (χ1) is 11.7. The summed E-state index contributed by atoms with van der Waals surface area (Å²) in [5.74, 6) is 0.391. The second-order valence-electron chi connectivity index (χ2n) is 8.39. The van der Waals surface area contributed by atoms with E-state index >= 15 is 0 Å². The minimum Gasteiger partial charge on any atom is -0.378 e. The Morgan fingerprint density at radius 1 is 1.24 bits per heavy atom. The Morgan fingerprint density at radius 2 is 1.84 bits per heavy atom. The Morgan fingerprint density at radius 3 is 2.36 bits per heavy atom. The van der Waals surface area contributed by atoms with Crippen LogP contribution in [-0.4, -0.2) is 79.8 Å². The average Bonchev–Trinajstić information content (AvgIpc) is 2.59. The normalized spacial score (nSPS) is 31.4. The van der Waals surface area contributed by atoms with Crippen LogP contribution in [0.3, 0.4) is 0 Å². The highest BCUT2D eigenvalue weighted by molar-refractivity contribution is 5.88. The fourth-order valence-corrected chi connectivity index (χ4v) is 4.04. The third-order valence-electron chi connectivity index (χ3n) is 6.33. The number of rotatable bonds is 8. The molecule has 0 aromatic carbocycles. The molecule has 146 valence electrons. The van der Waals surface area contributed by atoms with Crippen LogP contribution in [0.15, 0.2) is 0 Å². The number of nitrogens with one attached hydrogen (secondary N) is 1. The monoisotopic (exact) mass is 354 g/mol. The summed E-state index contributed by atoms with van der Waals surface area (Å²) in [7, 11) is 0. The van der Waals surface area contributed by atoms with E-state index in [1.165, 1.54) is 0 Å². The zero-order valence-electron chi connectivity index (χ0n) is 16.8. The van der Waals surface area contributed by atoms with Crippen LogP contribution in [0.1, 0.15) is 41.0 Å². The molecular formula is C19H38N4O2. The van der Waals surface area contributed by atoms with Crippen LogP contribution in [0.4, 0.5) is 0 Å². The van der Waals surface area contributed by atoms with Crippen LogP contribution in [0.25, 0.3) is 0 Å². The largest absolute Gasteiger partial charge is 0.378 e. The highest BCUT2D eigenvalue weighted by atomic mass is 16.5. The summed E-state index contributed by atoms with van der Waals surface area (Å²) < 4.78 is 5.71. The molecule has 6 nitrogen and oxygen atoms in total. The first-order valence-electron chi connectivity index (χ1n) is 9.88. The van der Waals surface area contributed by atoms with E-state index < -0.39 is 5.54 Å². The molecular weight excluding hydrogens is 316 g/mol. The fraction of sp³-hybridized carbons (Fsp3) is 0.947. The lowest BCUT2D eigenvalue weighted by molar-refractivity contribution is -0.170. The van der Waals surface area contributed by atoms with Crippen LogP contribution in [-0.2, 0) is 9.53 Å². The quantitative estimate of drug-likeness (QED) is 0.678. The number of carbonyl (C=O) groups is 1. The number of ether oxygens (including phenoxy) is 1. The molecule has 1 saturated carbocycles. The molecule has 1 saturated heterocycles. The molecule has 1 amide bonds. The number of carbonyl (C=O) groups excluding carboxylic acids is 1. The third kappa shape index (κ3) is 4.35. The van der Waals surface area contributed by atoms with Crippen LogP contribution < -0.4 is 11.1 Å². The maximum atomic E-state index is 12.7. The molecule has 0 radical (unpaired) electrons. The summed E-state index contributed by atoms with van der Waals surface area (Å²) in [6.07, 6.45) is 0.674. The minimum absolute atomic E-state index is 0.0314. The van der Waals surface area contributed by atoms with Gasteiger partial charge in [0.2, 0.25) is 5.91 Å². The molecule has 6 heteroatoms. The molecule has 2 aliphatic rings. The molecule has 1 heterocycles. The zero-order chi connectivity index (χ0) is 18.7. The molecule has 3 N–H and O–H groups in total. The number of piperazine rings is 1. The van der Waals surface area contributed by atoms with Gasteiger partial charge < -0.3 is 25.6 Å². The Kier molecular flexibility index (Phi) is 6.87. The summed E-state index contributed by atoms with van der Waals surface area (Å²) in [5, 5.41) is 3.10. The van der Waals surface area contributed by atoms with Gasteiger partial charge in [0, 0.05) is 57.7 Å². The van der Waals surface area contributed by atoms with Crippen molar-refractivity contribution in [3.63, 3.8) is 0 Å². The van der Waals surface area contributed by atoms with Gasteiger partial charge in [0.25, 0.3) is 0 Å². The van der Waals surface area contributed by atoms with Gasteiger partial charge in [-0.2, -0.15) is 0 Å². The van der Waals surface area contributed by atoms with E-state index in [2.05, 4.69) is 29.0 Å². The molecule has 0 spiro atoms. The molecule has 2 rings (SSSR count). The highest BCUT2D eigenvalue weighted by Gasteiger charge is 2.62. The third-order valence-corrected chi connectivity index (χ3v) is 6.33. The lowest BCUT2D eigenvalue weighted by Crippen LogP contribution is -2.75. The minimum atomic E-state index is -0.820. The maximum Gasteiger partial charge on any atom is 0.240 e. The molecule has 0 aromatic rings. The second-order valence-corrected chi connectivity index (χ2v) is 8.39. The smallest absolute Gasteiger partial charge is 0.240 e. The van der Waals surface area contributed by atoms with Crippen LogP contribution in [0, 0.1) is 11.3 Å². The maximum absolute atomic E-state index is 12.7. The number of amides is 1. The molecule has 0 bridgehead atoms. The molecule has 25 heavy (non-hydrogen) atoms. The van der Waals surface area contributed by atoms with E-state index in [4.69, 9.17) is 10.5 Å². The summed E-state index contributed by atoms with van der Waals surface area (Å²) in [4.78, 5) is 17.7. The number of nitrogens with two attached hydrogens (primary N) is 1. The summed E-state index contributed by atoms with van der Waals surface area (Å²) >= 11 is 0. The Balaban J connectivity index is 1.74. The predicted octanol–water partition coefficient (Wildman–Crippen LogP) is 0.909. The van der Waals surface area contributed by atoms with Crippen molar-refractivity contribution in [2.24, 2.45) is 17.1 Å². The van der Waals surface area contributed by atoms with Crippen molar-refractivity contribution >= 4 is 5.91 Å². The number of likely N-dealkylation sites (N-methyl/N-ethyl adjacent to an activating group) is 1. The van der Waals surface area contributed by atoms with E-state index in [-0.39, 0.29) is 17.4 Å². The van der Waals surface area contributed by atoms with E-state index in [0.29, 0.717) is 25.5 Å². The van der Waals surface area contributed by atoms with Gasteiger partial charge in [-0.15, -0.1) is 0 Å². The fourth-order valence-electron chi connectivity index (χ4n) is 4.04. The lowest BCUT2D eigenvalue weighted by atomic mass is 9.54.